The van der Waals surface area contributed by atoms with Gasteiger partial charge in [-0.3, -0.25) is 4.90 Å². The van der Waals surface area contributed by atoms with Crippen LogP contribution in [0.25, 0.3) is 0 Å². The highest BCUT2D eigenvalue weighted by Gasteiger charge is 2.25. The van der Waals surface area contributed by atoms with Crippen molar-refractivity contribution in [1.29, 1.82) is 0 Å². The fourth-order valence-corrected chi connectivity index (χ4v) is 2.67. The lowest BCUT2D eigenvalue weighted by Gasteiger charge is -2.36. The first kappa shape index (κ1) is 16.4. The quantitative estimate of drug-likeness (QED) is 0.802. The summed E-state index contributed by atoms with van der Waals surface area (Å²) in [6, 6.07) is 10.9. The third-order valence-electron chi connectivity index (χ3n) is 4.01. The zero-order valence-electron chi connectivity index (χ0n) is 13.2. The Morgan fingerprint density at radius 2 is 2.10 bits per heavy atom. The van der Waals surface area contributed by atoms with Crippen molar-refractivity contribution in [3.8, 4) is 0 Å². The summed E-state index contributed by atoms with van der Waals surface area (Å²) in [4.78, 5) is 2.45. The van der Waals surface area contributed by atoms with Crippen molar-refractivity contribution < 1.29 is 9.84 Å². The Morgan fingerprint density at radius 1 is 1.33 bits per heavy atom. The van der Waals surface area contributed by atoms with Crippen LogP contribution in [-0.2, 0) is 11.3 Å². The van der Waals surface area contributed by atoms with Crippen molar-refractivity contribution in [3.05, 3.63) is 35.9 Å². The van der Waals surface area contributed by atoms with E-state index < -0.39 is 0 Å². The van der Waals surface area contributed by atoms with Crippen molar-refractivity contribution in [3.63, 3.8) is 0 Å². The minimum Gasteiger partial charge on any atom is -0.393 e. The average Bonchev–Trinajstić information content (AvgIpc) is 2.48. The van der Waals surface area contributed by atoms with E-state index in [4.69, 9.17) is 4.74 Å². The van der Waals surface area contributed by atoms with Crippen LogP contribution in [0.2, 0.25) is 0 Å². The largest absolute Gasteiger partial charge is 0.393 e. The van der Waals surface area contributed by atoms with Crippen LogP contribution in [0.1, 0.15) is 25.8 Å². The molecule has 0 saturated carbocycles. The average molecular weight is 292 g/mol. The minimum atomic E-state index is -0.244. The number of benzene rings is 1. The molecule has 1 aliphatic rings. The molecular formula is C17H28N2O2. The summed E-state index contributed by atoms with van der Waals surface area (Å²) in [7, 11) is 0. The first-order chi connectivity index (χ1) is 10.1. The molecule has 0 radical (unpaired) electrons. The molecule has 21 heavy (non-hydrogen) atoms. The number of rotatable bonds is 7. The molecule has 1 fully saturated rings. The Labute approximate surface area is 128 Å². The molecule has 1 heterocycles. The predicted molar refractivity (Wildman–Crippen MR) is 85.2 cm³/mol. The van der Waals surface area contributed by atoms with Crippen molar-refractivity contribution in [1.82, 2.24) is 10.2 Å². The SMILES string of the molecule is CC(O)CCNC(C)C1CN(Cc2ccccc2)CCO1. The van der Waals surface area contributed by atoms with Crippen molar-refractivity contribution >= 4 is 0 Å². The van der Waals surface area contributed by atoms with Gasteiger partial charge in [-0.25, -0.2) is 0 Å². The van der Waals surface area contributed by atoms with E-state index in [1.165, 1.54) is 5.56 Å². The van der Waals surface area contributed by atoms with Crippen LogP contribution in [0.3, 0.4) is 0 Å². The van der Waals surface area contributed by atoms with Gasteiger partial charge in [-0.1, -0.05) is 30.3 Å². The summed E-state index contributed by atoms with van der Waals surface area (Å²) in [5.74, 6) is 0. The van der Waals surface area contributed by atoms with Crippen molar-refractivity contribution in [2.45, 2.75) is 45.1 Å². The molecule has 1 aromatic carbocycles. The number of hydrogen-bond acceptors (Lipinski definition) is 4. The smallest absolute Gasteiger partial charge is 0.0852 e. The maximum absolute atomic E-state index is 9.30. The molecule has 3 atom stereocenters. The van der Waals surface area contributed by atoms with Gasteiger partial charge >= 0.3 is 0 Å². The number of ether oxygens (including phenoxy) is 1. The molecular weight excluding hydrogens is 264 g/mol. The Morgan fingerprint density at radius 3 is 2.81 bits per heavy atom. The monoisotopic (exact) mass is 292 g/mol. The molecule has 1 saturated heterocycles. The molecule has 0 aromatic heterocycles. The lowest BCUT2D eigenvalue weighted by atomic mass is 10.1. The van der Waals surface area contributed by atoms with E-state index in [1.807, 2.05) is 6.92 Å². The Bertz CT molecular complexity index is 397. The lowest BCUT2D eigenvalue weighted by Crippen LogP contribution is -2.51. The Kier molecular flexibility index (Phi) is 6.64. The van der Waals surface area contributed by atoms with E-state index in [-0.39, 0.29) is 12.2 Å². The highest BCUT2D eigenvalue weighted by molar-refractivity contribution is 5.14. The van der Waals surface area contributed by atoms with Gasteiger partial charge < -0.3 is 15.2 Å². The van der Waals surface area contributed by atoms with Gasteiger partial charge in [-0.15, -0.1) is 0 Å². The van der Waals surface area contributed by atoms with Crippen LogP contribution in [0.15, 0.2) is 30.3 Å². The molecule has 4 heteroatoms. The summed E-state index contributed by atoms with van der Waals surface area (Å²) in [6.07, 6.45) is 0.758. The molecule has 0 bridgehead atoms. The number of hydrogen-bond donors (Lipinski definition) is 2. The highest BCUT2D eigenvalue weighted by Crippen LogP contribution is 2.12. The van der Waals surface area contributed by atoms with Crippen molar-refractivity contribution in [2.75, 3.05) is 26.2 Å². The minimum absolute atomic E-state index is 0.219. The number of aliphatic hydroxyl groups is 1. The Balaban J connectivity index is 1.77. The van der Waals surface area contributed by atoms with Gasteiger partial charge in [0.2, 0.25) is 0 Å². The molecule has 1 aromatic rings. The number of nitrogens with zero attached hydrogens (tertiary/aromatic N) is 1. The summed E-state index contributed by atoms with van der Waals surface area (Å²) >= 11 is 0. The van der Waals surface area contributed by atoms with Crippen LogP contribution < -0.4 is 5.32 Å². The summed E-state index contributed by atoms with van der Waals surface area (Å²) in [6.45, 7) is 8.55. The molecule has 0 aliphatic carbocycles. The second-order valence-corrected chi connectivity index (χ2v) is 6.01. The highest BCUT2D eigenvalue weighted by atomic mass is 16.5. The van der Waals surface area contributed by atoms with Crippen LogP contribution in [0, 0.1) is 0 Å². The molecule has 3 unspecified atom stereocenters. The van der Waals surface area contributed by atoms with E-state index in [0.717, 1.165) is 39.2 Å². The zero-order chi connectivity index (χ0) is 15.1. The van der Waals surface area contributed by atoms with Crippen LogP contribution >= 0.6 is 0 Å². The van der Waals surface area contributed by atoms with Gasteiger partial charge in [0.05, 0.1) is 18.8 Å². The lowest BCUT2D eigenvalue weighted by molar-refractivity contribution is -0.0463. The molecule has 0 spiro atoms. The van der Waals surface area contributed by atoms with Crippen LogP contribution in [-0.4, -0.2) is 54.5 Å². The summed E-state index contributed by atoms with van der Waals surface area (Å²) in [5, 5.41) is 12.8. The molecule has 2 rings (SSSR count). The van der Waals surface area contributed by atoms with Crippen LogP contribution in [0.4, 0.5) is 0 Å². The van der Waals surface area contributed by atoms with Gasteiger partial charge in [-0.05, 0) is 32.4 Å². The van der Waals surface area contributed by atoms with Gasteiger partial charge in [0.15, 0.2) is 0 Å². The van der Waals surface area contributed by atoms with E-state index >= 15 is 0 Å². The van der Waals surface area contributed by atoms with E-state index in [1.54, 1.807) is 0 Å². The molecule has 2 N–H and O–H groups in total. The second-order valence-electron chi connectivity index (χ2n) is 6.01. The third-order valence-corrected chi connectivity index (χ3v) is 4.01. The zero-order valence-corrected chi connectivity index (χ0v) is 13.2. The van der Waals surface area contributed by atoms with Gasteiger partial charge in [0.1, 0.15) is 0 Å². The maximum Gasteiger partial charge on any atom is 0.0852 e. The third kappa shape index (κ3) is 5.75. The molecule has 4 nitrogen and oxygen atoms in total. The van der Waals surface area contributed by atoms with E-state index in [2.05, 4.69) is 47.5 Å². The van der Waals surface area contributed by atoms with Gasteiger partial charge in [0, 0.05) is 25.7 Å². The Hall–Kier alpha value is -0.940. The van der Waals surface area contributed by atoms with Gasteiger partial charge in [-0.2, -0.15) is 0 Å². The summed E-state index contributed by atoms with van der Waals surface area (Å²) in [5.41, 5.74) is 1.35. The van der Waals surface area contributed by atoms with E-state index in [9.17, 15) is 5.11 Å². The first-order valence-corrected chi connectivity index (χ1v) is 7.94. The maximum atomic E-state index is 9.30. The number of nitrogens with one attached hydrogen (secondary N) is 1. The van der Waals surface area contributed by atoms with E-state index in [0.29, 0.717) is 6.04 Å². The molecule has 1 aliphatic heterocycles. The topological polar surface area (TPSA) is 44.7 Å². The standard InChI is InChI=1S/C17H28N2O2/c1-14(20)8-9-18-15(2)17-13-19(10-11-21-17)12-16-6-4-3-5-7-16/h3-7,14-15,17-18,20H,8-13H2,1-2H3. The second kappa shape index (κ2) is 8.49. The first-order valence-electron chi connectivity index (χ1n) is 7.94. The number of aliphatic hydroxyl groups excluding tert-OH is 1. The summed E-state index contributed by atoms with van der Waals surface area (Å²) < 4.78 is 5.90. The molecule has 0 amide bonds. The normalized spacial score (nSPS) is 22.9. The fourth-order valence-electron chi connectivity index (χ4n) is 2.67. The molecule has 118 valence electrons. The fraction of sp³-hybridized carbons (Fsp3) is 0.647. The van der Waals surface area contributed by atoms with Crippen molar-refractivity contribution in [2.24, 2.45) is 0 Å². The van der Waals surface area contributed by atoms with Gasteiger partial charge in [0.25, 0.3) is 0 Å². The number of morpholine rings is 1. The van der Waals surface area contributed by atoms with Crippen LogP contribution in [0.5, 0.6) is 0 Å². The predicted octanol–water partition coefficient (Wildman–Crippen LogP) is 1.64.